The lowest BCUT2D eigenvalue weighted by Gasteiger charge is -2.39. The van der Waals surface area contributed by atoms with Gasteiger partial charge in [-0.25, -0.2) is 4.79 Å². The van der Waals surface area contributed by atoms with Gasteiger partial charge >= 0.3 is 6.09 Å². The highest BCUT2D eigenvalue weighted by Gasteiger charge is 2.34. The van der Waals surface area contributed by atoms with Gasteiger partial charge in [-0.05, 0) is 56.0 Å². The zero-order valence-corrected chi connectivity index (χ0v) is 25.3. The number of hydrogen-bond acceptors (Lipinski definition) is 8. The van der Waals surface area contributed by atoms with Crippen LogP contribution in [0.25, 0.3) is 11.1 Å². The Morgan fingerprint density at radius 1 is 0.952 bits per heavy atom. The van der Waals surface area contributed by atoms with Crippen molar-refractivity contribution in [2.45, 2.75) is 46.8 Å². The molecular weight excluding hydrogens is 532 g/mol. The van der Waals surface area contributed by atoms with Crippen molar-refractivity contribution >= 4 is 23.5 Å². The number of aromatic nitrogens is 4. The van der Waals surface area contributed by atoms with E-state index in [4.69, 9.17) is 4.74 Å². The molecule has 2 fully saturated rings. The largest absolute Gasteiger partial charge is 0.444 e. The van der Waals surface area contributed by atoms with Gasteiger partial charge in [-0.2, -0.15) is 10.2 Å². The summed E-state index contributed by atoms with van der Waals surface area (Å²) in [5, 5.41) is 15.7. The molecule has 2 saturated heterocycles. The summed E-state index contributed by atoms with van der Waals surface area (Å²) >= 11 is 0. The Kier molecular flexibility index (Phi) is 8.49. The highest BCUT2D eigenvalue weighted by molar-refractivity contribution is 5.94. The Labute approximate surface area is 247 Å². The van der Waals surface area contributed by atoms with Crippen molar-refractivity contribution in [3.8, 4) is 11.1 Å². The number of rotatable bonds is 8. The van der Waals surface area contributed by atoms with Crippen LogP contribution in [0, 0.1) is 11.3 Å². The maximum atomic E-state index is 12.7. The lowest BCUT2D eigenvalue weighted by atomic mass is 9.92. The first-order chi connectivity index (χ1) is 19.9. The van der Waals surface area contributed by atoms with Crippen LogP contribution in [0.5, 0.6) is 0 Å². The van der Waals surface area contributed by atoms with Crippen molar-refractivity contribution in [1.29, 1.82) is 0 Å². The number of piperazine rings is 1. The molecule has 0 spiro atoms. The zero-order chi connectivity index (χ0) is 29.9. The van der Waals surface area contributed by atoms with Crippen molar-refractivity contribution in [3.05, 3.63) is 55.0 Å². The third-order valence-electron chi connectivity index (χ3n) is 7.52. The summed E-state index contributed by atoms with van der Waals surface area (Å²) in [7, 11) is 0. The van der Waals surface area contributed by atoms with Crippen molar-refractivity contribution in [1.82, 2.24) is 29.8 Å². The fourth-order valence-electron chi connectivity index (χ4n) is 5.39. The number of nitrogens with zero attached hydrogens (tertiary/aromatic N) is 7. The molecule has 0 unspecified atom stereocenters. The van der Waals surface area contributed by atoms with Crippen LogP contribution in [0.15, 0.2) is 55.0 Å². The average Bonchev–Trinajstić information content (AvgIpc) is 3.35. The van der Waals surface area contributed by atoms with Crippen molar-refractivity contribution < 1.29 is 14.3 Å². The number of carbonyl (C=O) groups is 2. The molecule has 2 aliphatic rings. The Bertz CT molecular complexity index is 1350. The van der Waals surface area contributed by atoms with E-state index < -0.39 is 5.60 Å². The zero-order valence-electron chi connectivity index (χ0n) is 25.3. The summed E-state index contributed by atoms with van der Waals surface area (Å²) in [4.78, 5) is 31.3. The first kappa shape index (κ1) is 29.5. The molecule has 1 aromatic carbocycles. The number of hydrogen-bond donors (Lipinski definition) is 1. The Balaban J connectivity index is 1.08. The predicted molar refractivity (Wildman–Crippen MR) is 162 cm³/mol. The molecule has 2 aromatic heterocycles. The van der Waals surface area contributed by atoms with E-state index in [1.165, 1.54) is 0 Å². The van der Waals surface area contributed by atoms with Crippen LogP contribution in [0.3, 0.4) is 0 Å². The third kappa shape index (κ3) is 7.64. The molecule has 11 nitrogen and oxygen atoms in total. The van der Waals surface area contributed by atoms with Crippen LogP contribution in [0.4, 0.5) is 16.3 Å². The second-order valence-corrected chi connectivity index (χ2v) is 13.1. The standard InChI is InChI=1S/C31H42N8O3/c1-30(2,3)42-29(41)37-15-13-36(14-16-37)21-31(4,5)22-39-20-24(17-33-39)23-8-10-26(11-9-23)34-28(40)25-18-38(19-25)27-7-6-12-32-35-27/h6-12,17,20,25H,13-16,18-19,21-22H2,1-5H3,(H,34,40). The van der Waals surface area contributed by atoms with Crippen molar-refractivity contribution in [3.63, 3.8) is 0 Å². The molecule has 2 aliphatic heterocycles. The Morgan fingerprint density at radius 2 is 1.67 bits per heavy atom. The first-order valence-corrected chi connectivity index (χ1v) is 14.6. The first-order valence-electron chi connectivity index (χ1n) is 14.6. The molecule has 5 rings (SSSR count). The van der Waals surface area contributed by atoms with Gasteiger partial charge in [0.1, 0.15) is 5.60 Å². The molecule has 0 atom stereocenters. The third-order valence-corrected chi connectivity index (χ3v) is 7.52. The van der Waals surface area contributed by atoms with Gasteiger partial charge in [0.25, 0.3) is 0 Å². The molecule has 224 valence electrons. The minimum Gasteiger partial charge on any atom is -0.444 e. The molecule has 0 saturated carbocycles. The summed E-state index contributed by atoms with van der Waals surface area (Å²) < 4.78 is 7.52. The lowest BCUT2D eigenvalue weighted by molar-refractivity contribution is -0.120. The van der Waals surface area contributed by atoms with Gasteiger partial charge in [0.15, 0.2) is 5.82 Å². The molecule has 4 heterocycles. The van der Waals surface area contributed by atoms with Crippen LogP contribution in [-0.4, -0.2) is 93.2 Å². The minimum atomic E-state index is -0.477. The summed E-state index contributed by atoms with van der Waals surface area (Å²) in [5.74, 6) is 0.749. The Morgan fingerprint density at radius 3 is 2.31 bits per heavy atom. The van der Waals surface area contributed by atoms with Gasteiger partial charge in [-0.1, -0.05) is 26.0 Å². The maximum absolute atomic E-state index is 12.7. The molecule has 11 heteroatoms. The van der Waals surface area contributed by atoms with Gasteiger partial charge in [-0.3, -0.25) is 14.4 Å². The highest BCUT2D eigenvalue weighted by Crippen LogP contribution is 2.26. The monoisotopic (exact) mass is 574 g/mol. The highest BCUT2D eigenvalue weighted by atomic mass is 16.6. The Hall–Kier alpha value is -3.99. The molecule has 0 aliphatic carbocycles. The smallest absolute Gasteiger partial charge is 0.410 e. The van der Waals surface area contributed by atoms with Crippen LogP contribution >= 0.6 is 0 Å². The number of amides is 2. The van der Waals surface area contributed by atoms with E-state index in [2.05, 4.69) is 45.6 Å². The van der Waals surface area contributed by atoms with Crippen molar-refractivity contribution in [2.24, 2.45) is 11.3 Å². The summed E-state index contributed by atoms with van der Waals surface area (Å²) in [6, 6.07) is 11.6. The van der Waals surface area contributed by atoms with Crippen LogP contribution in [-0.2, 0) is 16.1 Å². The molecule has 0 radical (unpaired) electrons. The number of nitrogens with one attached hydrogen (secondary N) is 1. The average molecular weight is 575 g/mol. The lowest BCUT2D eigenvalue weighted by Crippen LogP contribution is -2.52. The van der Waals surface area contributed by atoms with Crippen LogP contribution in [0.1, 0.15) is 34.6 Å². The van der Waals surface area contributed by atoms with E-state index in [0.29, 0.717) is 26.2 Å². The topological polar surface area (TPSA) is 109 Å². The van der Waals surface area contributed by atoms with E-state index in [9.17, 15) is 9.59 Å². The number of ether oxygens (including phenoxy) is 1. The van der Waals surface area contributed by atoms with Gasteiger partial charge in [-0.15, -0.1) is 5.10 Å². The maximum Gasteiger partial charge on any atom is 0.410 e. The van der Waals surface area contributed by atoms with E-state index in [1.54, 1.807) is 11.1 Å². The summed E-state index contributed by atoms with van der Waals surface area (Å²) in [5.41, 5.74) is 2.38. The molecule has 2 amide bonds. The quantitative estimate of drug-likeness (QED) is 0.430. The van der Waals surface area contributed by atoms with Crippen LogP contribution < -0.4 is 10.2 Å². The second kappa shape index (κ2) is 12.1. The molecular formula is C31H42N8O3. The number of carbonyl (C=O) groups excluding carboxylic acids is 2. The van der Waals surface area contributed by atoms with Crippen LogP contribution in [0.2, 0.25) is 0 Å². The molecule has 0 bridgehead atoms. The molecule has 1 N–H and O–H groups in total. The SMILES string of the molecule is CC(C)(CN1CCN(C(=O)OC(C)(C)C)CC1)Cn1cc(-c2ccc(NC(=O)C3CN(c4cccnn4)C3)cc2)cn1. The molecule has 42 heavy (non-hydrogen) atoms. The van der Waals surface area contributed by atoms with Gasteiger partial charge in [0.2, 0.25) is 5.91 Å². The van der Waals surface area contributed by atoms with E-state index in [0.717, 1.165) is 48.8 Å². The summed E-state index contributed by atoms with van der Waals surface area (Å²) in [6.45, 7) is 16.2. The van der Waals surface area contributed by atoms with Crippen molar-refractivity contribution in [2.75, 3.05) is 56.0 Å². The van der Waals surface area contributed by atoms with Gasteiger partial charge in [0, 0.05) is 76.0 Å². The molecule has 3 aromatic rings. The fourth-order valence-corrected chi connectivity index (χ4v) is 5.39. The van der Waals surface area contributed by atoms with E-state index in [1.807, 2.05) is 72.9 Å². The van der Waals surface area contributed by atoms with E-state index >= 15 is 0 Å². The number of anilines is 2. The van der Waals surface area contributed by atoms with Gasteiger partial charge < -0.3 is 19.9 Å². The van der Waals surface area contributed by atoms with E-state index in [-0.39, 0.29) is 23.3 Å². The second-order valence-electron chi connectivity index (χ2n) is 13.1. The fraction of sp³-hybridized carbons (Fsp3) is 0.516. The summed E-state index contributed by atoms with van der Waals surface area (Å²) in [6.07, 6.45) is 5.37. The normalized spacial score (nSPS) is 16.7. The number of benzene rings is 1. The van der Waals surface area contributed by atoms with Gasteiger partial charge in [0.05, 0.1) is 12.1 Å². The minimum absolute atomic E-state index is 0.00426. The predicted octanol–water partition coefficient (Wildman–Crippen LogP) is 3.99.